The van der Waals surface area contributed by atoms with Crippen LogP contribution in [0.1, 0.15) is 56.1 Å². The summed E-state index contributed by atoms with van der Waals surface area (Å²) >= 11 is 0. The fourth-order valence-corrected chi connectivity index (χ4v) is 1.93. The molecule has 0 aliphatic carbocycles. The largest absolute Gasteiger partial charge is 0.444 e. The van der Waals surface area contributed by atoms with Gasteiger partial charge in [0.25, 0.3) is 0 Å². The Kier molecular flexibility index (Phi) is 6.34. The van der Waals surface area contributed by atoms with Crippen molar-refractivity contribution < 1.29 is 14.3 Å². The molecule has 0 aromatic carbocycles. The number of aromatic nitrogens is 1. The zero-order valence-electron chi connectivity index (χ0n) is 13.7. The smallest absolute Gasteiger partial charge is 0.407 e. The van der Waals surface area contributed by atoms with E-state index in [9.17, 15) is 9.59 Å². The number of aryl methyl sites for hydroxylation is 1. The number of nitrogens with one attached hydrogen (secondary N) is 1. The quantitative estimate of drug-likeness (QED) is 0.622. The molecule has 6 nitrogen and oxygen atoms in total. The number of unbranched alkanes of at least 4 members (excludes halogenated alkanes) is 1. The predicted molar refractivity (Wildman–Crippen MR) is 85.8 cm³/mol. The van der Waals surface area contributed by atoms with Crippen LogP contribution in [-0.2, 0) is 4.74 Å². The Morgan fingerprint density at radius 3 is 2.55 bits per heavy atom. The van der Waals surface area contributed by atoms with Crippen molar-refractivity contribution in [2.75, 3.05) is 12.3 Å². The van der Waals surface area contributed by atoms with E-state index in [-0.39, 0.29) is 5.78 Å². The second-order valence-electron chi connectivity index (χ2n) is 6.18. The number of carbonyl (C=O) groups excluding carboxylic acids is 2. The molecule has 0 bridgehead atoms. The minimum atomic E-state index is -0.500. The zero-order chi connectivity index (χ0) is 16.8. The first-order valence-electron chi connectivity index (χ1n) is 7.42. The lowest BCUT2D eigenvalue weighted by atomic mass is 10.0. The average molecular weight is 307 g/mol. The predicted octanol–water partition coefficient (Wildman–Crippen LogP) is 2.85. The fraction of sp³-hybridized carbons (Fsp3) is 0.562. The maximum Gasteiger partial charge on any atom is 0.407 e. The van der Waals surface area contributed by atoms with E-state index in [1.165, 1.54) is 0 Å². The van der Waals surface area contributed by atoms with E-state index in [4.69, 9.17) is 10.5 Å². The Bertz CT molecular complexity index is 536. The summed E-state index contributed by atoms with van der Waals surface area (Å²) in [6, 6.07) is 3.34. The van der Waals surface area contributed by atoms with Crippen LogP contribution in [0.25, 0.3) is 0 Å². The Morgan fingerprint density at radius 1 is 1.27 bits per heavy atom. The van der Waals surface area contributed by atoms with Crippen LogP contribution in [0.3, 0.4) is 0 Å². The molecule has 3 N–H and O–H groups in total. The molecule has 0 fully saturated rings. The average Bonchev–Trinajstić information content (AvgIpc) is 2.35. The van der Waals surface area contributed by atoms with Crippen molar-refractivity contribution in [2.24, 2.45) is 0 Å². The maximum absolute atomic E-state index is 12.1. The van der Waals surface area contributed by atoms with Crippen LogP contribution in [0.15, 0.2) is 12.1 Å². The number of nitrogens with zero attached hydrogens (tertiary/aromatic N) is 1. The second-order valence-corrected chi connectivity index (χ2v) is 6.18. The van der Waals surface area contributed by atoms with Gasteiger partial charge in [-0.15, -0.1) is 0 Å². The van der Waals surface area contributed by atoms with E-state index in [2.05, 4.69) is 10.3 Å². The van der Waals surface area contributed by atoms with E-state index in [1.54, 1.807) is 19.1 Å². The molecule has 1 aromatic rings. The molecular weight excluding hydrogens is 282 g/mol. The van der Waals surface area contributed by atoms with Gasteiger partial charge in [-0.25, -0.2) is 9.78 Å². The highest BCUT2D eigenvalue weighted by Crippen LogP contribution is 2.12. The lowest BCUT2D eigenvalue weighted by Gasteiger charge is -2.19. The molecule has 0 spiro atoms. The molecule has 0 radical (unpaired) electrons. The van der Waals surface area contributed by atoms with Crippen molar-refractivity contribution in [3.8, 4) is 0 Å². The Labute approximate surface area is 131 Å². The summed E-state index contributed by atoms with van der Waals surface area (Å²) in [5.74, 6) is 0.456. The highest BCUT2D eigenvalue weighted by Gasteiger charge is 2.15. The first-order valence-corrected chi connectivity index (χ1v) is 7.42. The number of nitrogen functional groups attached to an aromatic ring is 1. The first-order chi connectivity index (χ1) is 10.2. The second kappa shape index (κ2) is 7.77. The van der Waals surface area contributed by atoms with Crippen molar-refractivity contribution in [1.82, 2.24) is 10.3 Å². The summed E-state index contributed by atoms with van der Waals surface area (Å²) in [6.45, 7) is 7.70. The molecule has 22 heavy (non-hydrogen) atoms. The van der Waals surface area contributed by atoms with Crippen LogP contribution >= 0.6 is 0 Å². The summed E-state index contributed by atoms with van der Waals surface area (Å²) in [4.78, 5) is 27.6. The van der Waals surface area contributed by atoms with Gasteiger partial charge in [0.05, 0.1) is 5.69 Å². The molecule has 1 aromatic heterocycles. The van der Waals surface area contributed by atoms with Crippen LogP contribution in [0.2, 0.25) is 0 Å². The maximum atomic E-state index is 12.1. The van der Waals surface area contributed by atoms with Gasteiger partial charge >= 0.3 is 6.09 Å². The van der Waals surface area contributed by atoms with Crippen molar-refractivity contribution in [3.05, 3.63) is 23.4 Å². The minimum absolute atomic E-state index is 0.0438. The Hall–Kier alpha value is -2.11. The standard InChI is InChI=1S/C16H25N3O3/c1-11-12(8-9-14(17)19-11)13(20)7-5-6-10-18-15(21)22-16(2,3)4/h8-9H,5-7,10H2,1-4H3,(H2,17,19)(H,18,21). The van der Waals surface area contributed by atoms with Crippen LogP contribution in [0.4, 0.5) is 10.6 Å². The lowest BCUT2D eigenvalue weighted by Crippen LogP contribution is -2.33. The van der Waals surface area contributed by atoms with Gasteiger partial charge in [0.15, 0.2) is 5.78 Å². The third kappa shape index (κ3) is 6.56. The highest BCUT2D eigenvalue weighted by molar-refractivity contribution is 5.97. The molecule has 6 heteroatoms. The Balaban J connectivity index is 2.27. The number of alkyl carbamates (subject to hydrolysis) is 1. The number of ether oxygens (including phenoxy) is 1. The zero-order valence-corrected chi connectivity index (χ0v) is 13.7. The third-order valence-corrected chi connectivity index (χ3v) is 2.91. The molecule has 1 amide bonds. The monoisotopic (exact) mass is 307 g/mol. The molecule has 0 aliphatic rings. The lowest BCUT2D eigenvalue weighted by molar-refractivity contribution is 0.0527. The van der Waals surface area contributed by atoms with Gasteiger partial charge in [-0.3, -0.25) is 4.79 Å². The fourth-order valence-electron chi connectivity index (χ4n) is 1.93. The SMILES string of the molecule is Cc1nc(N)ccc1C(=O)CCCCNC(=O)OC(C)(C)C. The minimum Gasteiger partial charge on any atom is -0.444 e. The van der Waals surface area contributed by atoms with Crippen LogP contribution in [0, 0.1) is 6.92 Å². The normalized spacial score (nSPS) is 11.1. The number of nitrogens with two attached hydrogens (primary N) is 1. The van der Waals surface area contributed by atoms with Gasteiger partial charge in [-0.2, -0.15) is 0 Å². The molecule has 0 saturated carbocycles. The van der Waals surface area contributed by atoms with Gasteiger partial charge < -0.3 is 15.8 Å². The van der Waals surface area contributed by atoms with E-state index >= 15 is 0 Å². The van der Waals surface area contributed by atoms with Crippen molar-refractivity contribution in [1.29, 1.82) is 0 Å². The van der Waals surface area contributed by atoms with Gasteiger partial charge in [0.1, 0.15) is 11.4 Å². The first kappa shape index (κ1) is 17.9. The number of rotatable bonds is 6. The molecule has 1 rings (SSSR count). The molecule has 0 atom stereocenters. The number of Topliss-reactive ketones (excluding diaryl/α,β-unsaturated/α-hetero) is 1. The molecular formula is C16H25N3O3. The Morgan fingerprint density at radius 2 is 1.95 bits per heavy atom. The van der Waals surface area contributed by atoms with Gasteiger partial charge in [0, 0.05) is 18.5 Å². The number of pyridine rings is 1. The summed E-state index contributed by atoms with van der Waals surface area (Å²) in [5, 5.41) is 2.67. The highest BCUT2D eigenvalue weighted by atomic mass is 16.6. The number of anilines is 1. The summed E-state index contributed by atoms with van der Waals surface area (Å²) in [7, 11) is 0. The number of hydrogen-bond donors (Lipinski definition) is 2. The van der Waals surface area contributed by atoms with Gasteiger partial charge in [-0.1, -0.05) is 0 Å². The number of hydrogen-bond acceptors (Lipinski definition) is 5. The molecule has 0 unspecified atom stereocenters. The molecule has 122 valence electrons. The van der Waals surface area contributed by atoms with Crippen molar-refractivity contribution in [3.63, 3.8) is 0 Å². The number of ketones is 1. The molecule has 1 heterocycles. The van der Waals surface area contributed by atoms with Crippen molar-refractivity contribution >= 4 is 17.7 Å². The van der Waals surface area contributed by atoms with Crippen molar-refractivity contribution in [2.45, 2.75) is 52.6 Å². The van der Waals surface area contributed by atoms with E-state index in [0.29, 0.717) is 42.9 Å². The van der Waals surface area contributed by atoms with Crippen LogP contribution < -0.4 is 11.1 Å². The van der Waals surface area contributed by atoms with Crippen LogP contribution in [0.5, 0.6) is 0 Å². The molecule has 0 saturated heterocycles. The van der Waals surface area contributed by atoms with E-state index in [1.807, 2.05) is 20.8 Å². The third-order valence-electron chi connectivity index (χ3n) is 2.91. The summed E-state index contributed by atoms with van der Waals surface area (Å²) in [5.41, 5.74) is 6.32. The number of amides is 1. The molecule has 0 aliphatic heterocycles. The summed E-state index contributed by atoms with van der Waals surface area (Å²) < 4.78 is 5.12. The van der Waals surface area contributed by atoms with Crippen LogP contribution in [-0.4, -0.2) is 29.0 Å². The summed E-state index contributed by atoms with van der Waals surface area (Å²) in [6.07, 6.45) is 1.39. The topological polar surface area (TPSA) is 94.3 Å². The van der Waals surface area contributed by atoms with E-state index in [0.717, 1.165) is 0 Å². The van der Waals surface area contributed by atoms with Gasteiger partial charge in [0.2, 0.25) is 0 Å². The van der Waals surface area contributed by atoms with E-state index < -0.39 is 11.7 Å². The number of carbonyl (C=O) groups is 2. The van der Waals surface area contributed by atoms with Gasteiger partial charge in [-0.05, 0) is 52.7 Å².